The van der Waals surface area contributed by atoms with Crippen LogP contribution in [-0.2, 0) is 4.84 Å². The van der Waals surface area contributed by atoms with Gasteiger partial charge in [0.15, 0.2) is 0 Å². The van der Waals surface area contributed by atoms with E-state index in [9.17, 15) is 4.79 Å². The van der Waals surface area contributed by atoms with Crippen molar-refractivity contribution in [1.82, 2.24) is 20.1 Å². The van der Waals surface area contributed by atoms with Crippen LogP contribution >= 0.6 is 0 Å². The van der Waals surface area contributed by atoms with Gasteiger partial charge in [-0.3, -0.25) is 4.79 Å². The van der Waals surface area contributed by atoms with Crippen molar-refractivity contribution in [3.05, 3.63) is 36.1 Å². The van der Waals surface area contributed by atoms with Crippen LogP contribution in [0.5, 0.6) is 0 Å². The fourth-order valence-electron chi connectivity index (χ4n) is 2.81. The molecule has 0 saturated carbocycles. The van der Waals surface area contributed by atoms with Crippen molar-refractivity contribution >= 4 is 11.6 Å². The van der Waals surface area contributed by atoms with Crippen molar-refractivity contribution in [3.8, 4) is 0 Å². The van der Waals surface area contributed by atoms with E-state index >= 15 is 0 Å². The molecule has 1 fully saturated rings. The Bertz CT molecular complexity index is 581. The molecule has 0 radical (unpaired) electrons. The maximum absolute atomic E-state index is 11.6. The molecule has 2 rings (SSSR count). The monoisotopic (exact) mass is 348 g/mol. The first-order valence-corrected chi connectivity index (χ1v) is 8.55. The SMILES string of the molecule is CCCN(C)/C=C(\ON)N1CCN(c2ccc(C(=O)NC)nc2)CC1. The third-order valence-corrected chi connectivity index (χ3v) is 4.19. The zero-order valence-corrected chi connectivity index (χ0v) is 15.2. The molecule has 2 heterocycles. The number of amides is 1. The minimum absolute atomic E-state index is 0.178. The molecule has 0 spiro atoms. The van der Waals surface area contributed by atoms with E-state index < -0.39 is 0 Å². The highest BCUT2D eigenvalue weighted by molar-refractivity contribution is 5.92. The number of nitrogens with two attached hydrogens (primary N) is 1. The molecule has 25 heavy (non-hydrogen) atoms. The summed E-state index contributed by atoms with van der Waals surface area (Å²) >= 11 is 0. The molecule has 138 valence electrons. The molecule has 1 aliphatic heterocycles. The first-order chi connectivity index (χ1) is 12.1. The quantitative estimate of drug-likeness (QED) is 0.551. The molecular formula is C17H28N6O2. The Morgan fingerprint density at radius 1 is 1.40 bits per heavy atom. The Kier molecular flexibility index (Phi) is 6.88. The molecule has 1 aliphatic rings. The number of hydrogen-bond donors (Lipinski definition) is 2. The molecule has 0 aromatic carbocycles. The summed E-state index contributed by atoms with van der Waals surface area (Å²) in [6.07, 6.45) is 4.75. The maximum atomic E-state index is 11.6. The van der Waals surface area contributed by atoms with Crippen molar-refractivity contribution in [2.45, 2.75) is 13.3 Å². The van der Waals surface area contributed by atoms with Gasteiger partial charge in [-0.25, -0.2) is 4.98 Å². The van der Waals surface area contributed by atoms with Gasteiger partial charge in [0.05, 0.1) is 18.1 Å². The number of carbonyl (C=O) groups excluding carboxylic acids is 1. The van der Waals surface area contributed by atoms with Crippen LogP contribution in [0.15, 0.2) is 30.4 Å². The first kappa shape index (κ1) is 18.9. The van der Waals surface area contributed by atoms with E-state index in [0.29, 0.717) is 11.6 Å². The normalized spacial score (nSPS) is 15.1. The molecule has 1 amide bonds. The fourth-order valence-corrected chi connectivity index (χ4v) is 2.81. The van der Waals surface area contributed by atoms with E-state index in [1.54, 1.807) is 19.3 Å². The zero-order valence-electron chi connectivity index (χ0n) is 15.2. The van der Waals surface area contributed by atoms with Gasteiger partial charge in [0.2, 0.25) is 5.88 Å². The Labute approximate surface area is 149 Å². The summed E-state index contributed by atoms with van der Waals surface area (Å²) in [4.78, 5) is 27.3. The van der Waals surface area contributed by atoms with Crippen molar-refractivity contribution in [3.63, 3.8) is 0 Å². The number of hydrogen-bond acceptors (Lipinski definition) is 7. The summed E-state index contributed by atoms with van der Waals surface area (Å²) < 4.78 is 0. The largest absolute Gasteiger partial charge is 0.392 e. The van der Waals surface area contributed by atoms with Crippen molar-refractivity contribution < 1.29 is 9.63 Å². The molecule has 1 aromatic rings. The minimum Gasteiger partial charge on any atom is -0.392 e. The number of nitrogens with one attached hydrogen (secondary N) is 1. The highest BCUT2D eigenvalue weighted by Crippen LogP contribution is 2.18. The number of nitrogens with zero attached hydrogens (tertiary/aromatic N) is 4. The van der Waals surface area contributed by atoms with Crippen LogP contribution in [0, 0.1) is 0 Å². The third kappa shape index (κ3) is 4.99. The van der Waals surface area contributed by atoms with E-state index in [4.69, 9.17) is 10.7 Å². The summed E-state index contributed by atoms with van der Waals surface area (Å²) in [5.41, 5.74) is 1.43. The molecule has 8 heteroatoms. The molecule has 8 nitrogen and oxygen atoms in total. The highest BCUT2D eigenvalue weighted by atomic mass is 16.6. The Morgan fingerprint density at radius 3 is 2.64 bits per heavy atom. The summed E-state index contributed by atoms with van der Waals surface area (Å²) in [5.74, 6) is 5.96. The van der Waals surface area contributed by atoms with Crippen LogP contribution in [0.2, 0.25) is 0 Å². The van der Waals surface area contributed by atoms with Gasteiger partial charge >= 0.3 is 0 Å². The zero-order chi connectivity index (χ0) is 18.2. The lowest BCUT2D eigenvalue weighted by Crippen LogP contribution is -2.47. The maximum Gasteiger partial charge on any atom is 0.269 e. The van der Waals surface area contributed by atoms with Gasteiger partial charge in [-0.1, -0.05) is 6.92 Å². The van der Waals surface area contributed by atoms with Gasteiger partial charge in [0.1, 0.15) is 5.69 Å². The van der Waals surface area contributed by atoms with E-state index in [-0.39, 0.29) is 5.91 Å². The van der Waals surface area contributed by atoms with E-state index in [1.807, 2.05) is 19.3 Å². The molecule has 0 unspecified atom stereocenters. The highest BCUT2D eigenvalue weighted by Gasteiger charge is 2.20. The number of pyridine rings is 1. The van der Waals surface area contributed by atoms with Crippen LogP contribution < -0.4 is 16.1 Å². The summed E-state index contributed by atoms with van der Waals surface area (Å²) in [7, 11) is 3.61. The van der Waals surface area contributed by atoms with E-state index in [1.165, 1.54) is 0 Å². The summed E-state index contributed by atoms with van der Waals surface area (Å²) in [6.45, 7) is 6.37. The second kappa shape index (κ2) is 9.12. The molecule has 0 bridgehead atoms. The van der Waals surface area contributed by atoms with Gasteiger partial charge in [0.25, 0.3) is 5.91 Å². The summed E-state index contributed by atoms with van der Waals surface area (Å²) in [6, 6.07) is 3.67. The molecule has 1 aromatic heterocycles. The van der Waals surface area contributed by atoms with Crippen LogP contribution in [0.3, 0.4) is 0 Å². The number of aromatic nitrogens is 1. The number of rotatable bonds is 7. The number of carbonyl (C=O) groups is 1. The van der Waals surface area contributed by atoms with Crippen LogP contribution in [0.25, 0.3) is 0 Å². The van der Waals surface area contributed by atoms with Crippen LogP contribution in [0.4, 0.5) is 5.69 Å². The third-order valence-electron chi connectivity index (χ3n) is 4.19. The van der Waals surface area contributed by atoms with Gasteiger partial charge in [-0.15, -0.1) is 0 Å². The lowest BCUT2D eigenvalue weighted by atomic mass is 10.2. The molecule has 3 N–H and O–H groups in total. The van der Waals surface area contributed by atoms with Gasteiger partial charge in [0, 0.05) is 46.8 Å². The molecule has 0 atom stereocenters. The molecular weight excluding hydrogens is 320 g/mol. The van der Waals surface area contributed by atoms with Crippen LogP contribution in [0.1, 0.15) is 23.8 Å². The second-order valence-corrected chi connectivity index (χ2v) is 6.02. The van der Waals surface area contributed by atoms with Crippen LogP contribution in [-0.4, -0.2) is 67.5 Å². The Morgan fingerprint density at radius 2 is 2.12 bits per heavy atom. The van der Waals surface area contributed by atoms with Gasteiger partial charge in [-0.2, -0.15) is 5.90 Å². The molecule has 1 saturated heterocycles. The average Bonchev–Trinajstić information content (AvgIpc) is 2.66. The number of anilines is 1. The molecule has 0 aliphatic carbocycles. The average molecular weight is 348 g/mol. The van der Waals surface area contributed by atoms with Crippen molar-refractivity contribution in [2.75, 3.05) is 51.7 Å². The smallest absolute Gasteiger partial charge is 0.269 e. The lowest BCUT2D eigenvalue weighted by molar-refractivity contribution is 0.0958. The Balaban J connectivity index is 1.95. The van der Waals surface area contributed by atoms with Crippen molar-refractivity contribution in [2.24, 2.45) is 5.90 Å². The fraction of sp³-hybridized carbons (Fsp3) is 0.529. The number of piperazine rings is 1. The van der Waals surface area contributed by atoms with Gasteiger partial charge in [-0.05, 0) is 18.6 Å². The standard InChI is InChI=1S/C17H28N6O2/c1-4-7-21(3)13-16(25-18)23-10-8-22(9-11-23)14-5-6-15(20-12-14)17(24)19-2/h5-6,12-13H,4,7-11,18H2,1-3H3,(H,19,24)/b16-13-. The second-order valence-electron chi connectivity index (χ2n) is 6.02. The van der Waals surface area contributed by atoms with Crippen molar-refractivity contribution in [1.29, 1.82) is 0 Å². The lowest BCUT2D eigenvalue weighted by Gasteiger charge is -2.37. The van der Waals surface area contributed by atoms with Gasteiger partial charge < -0.3 is 24.9 Å². The predicted octanol–water partition coefficient (Wildman–Crippen LogP) is 0.594. The van der Waals surface area contributed by atoms with E-state index in [2.05, 4.69) is 31.9 Å². The topological polar surface area (TPSA) is 87.0 Å². The first-order valence-electron chi connectivity index (χ1n) is 8.55. The minimum atomic E-state index is -0.178. The summed E-state index contributed by atoms with van der Waals surface area (Å²) in [5, 5.41) is 2.57. The van der Waals surface area contributed by atoms with E-state index in [0.717, 1.165) is 44.8 Å². The predicted molar refractivity (Wildman–Crippen MR) is 97.7 cm³/mol. The Hall–Kier alpha value is -2.48.